The lowest BCUT2D eigenvalue weighted by molar-refractivity contribution is -0.158. The minimum Gasteiger partial charge on any atom is -0.480 e. The number of nitrogens with zero attached hydrogens (tertiary/aromatic N) is 3. The predicted molar refractivity (Wildman–Crippen MR) is 89.9 cm³/mol. The molecule has 2 bridgehead atoms. The minimum absolute atomic E-state index is 0.183. The molecule has 8 heteroatoms. The van der Waals surface area contributed by atoms with Crippen LogP contribution in [0.1, 0.15) is 39.5 Å². The highest BCUT2D eigenvalue weighted by molar-refractivity contribution is 8.01. The van der Waals surface area contributed by atoms with E-state index in [1.807, 2.05) is 13.8 Å². The summed E-state index contributed by atoms with van der Waals surface area (Å²) >= 11 is 1.52. The average molecular weight is 353 g/mol. The fourth-order valence-corrected chi connectivity index (χ4v) is 6.27. The van der Waals surface area contributed by atoms with Gasteiger partial charge < -0.3 is 20.0 Å². The van der Waals surface area contributed by atoms with E-state index < -0.39 is 22.8 Å². The van der Waals surface area contributed by atoms with Gasteiger partial charge in [0.05, 0.1) is 12.4 Å². The predicted octanol–water partition coefficient (Wildman–Crippen LogP) is 0.518. The molecule has 0 aromatic heterocycles. The zero-order valence-electron chi connectivity index (χ0n) is 13.8. The van der Waals surface area contributed by atoms with Crippen LogP contribution in [0, 0.1) is 0 Å². The van der Waals surface area contributed by atoms with Gasteiger partial charge in [0.25, 0.3) is 5.91 Å². The summed E-state index contributed by atoms with van der Waals surface area (Å²) in [6.45, 7) is 3.74. The molecule has 4 heterocycles. The van der Waals surface area contributed by atoms with Gasteiger partial charge in [-0.15, -0.1) is 11.8 Å². The number of β-lactam (4-membered cyclic amide) rings is 1. The van der Waals surface area contributed by atoms with Crippen molar-refractivity contribution in [2.75, 3.05) is 0 Å². The third-order valence-corrected chi connectivity index (χ3v) is 7.33. The van der Waals surface area contributed by atoms with Gasteiger partial charge in [0.1, 0.15) is 11.4 Å². The Balaban J connectivity index is 1.48. The number of aliphatic hydroxyl groups excluding tert-OH is 1. The van der Waals surface area contributed by atoms with Gasteiger partial charge in [-0.3, -0.25) is 9.79 Å². The van der Waals surface area contributed by atoms with Crippen LogP contribution in [-0.2, 0) is 9.59 Å². The summed E-state index contributed by atoms with van der Waals surface area (Å²) in [7, 11) is 0. The van der Waals surface area contributed by atoms with Crippen LogP contribution in [0.2, 0.25) is 0 Å². The van der Waals surface area contributed by atoms with Crippen molar-refractivity contribution in [3.8, 4) is 0 Å². The normalized spacial score (nSPS) is 43.2. The van der Waals surface area contributed by atoms with E-state index in [4.69, 9.17) is 0 Å². The highest BCUT2D eigenvalue weighted by atomic mass is 32.2. The maximum absolute atomic E-state index is 12.4. The third kappa shape index (κ3) is 2.26. The number of hydrogen-bond donors (Lipinski definition) is 2. The van der Waals surface area contributed by atoms with Crippen LogP contribution in [0.15, 0.2) is 4.99 Å². The monoisotopic (exact) mass is 353 g/mol. The molecule has 2 N–H and O–H groups in total. The van der Waals surface area contributed by atoms with Crippen LogP contribution in [0.5, 0.6) is 0 Å². The van der Waals surface area contributed by atoms with Crippen molar-refractivity contribution in [3.63, 3.8) is 0 Å². The number of thioether (sulfide) groups is 1. The van der Waals surface area contributed by atoms with Crippen molar-refractivity contribution in [1.82, 2.24) is 9.80 Å². The summed E-state index contributed by atoms with van der Waals surface area (Å²) in [6.07, 6.45) is 5.21. The Bertz CT molecular complexity index is 596. The lowest BCUT2D eigenvalue weighted by atomic mass is 9.96. The van der Waals surface area contributed by atoms with E-state index in [-0.39, 0.29) is 17.4 Å². The first-order chi connectivity index (χ1) is 11.3. The highest BCUT2D eigenvalue weighted by Crippen LogP contribution is 2.51. The van der Waals surface area contributed by atoms with Gasteiger partial charge in [-0.1, -0.05) is 0 Å². The number of aliphatic imine (C=N–C) groups is 1. The van der Waals surface area contributed by atoms with Crippen molar-refractivity contribution in [1.29, 1.82) is 0 Å². The Morgan fingerprint density at radius 3 is 2.54 bits per heavy atom. The fraction of sp³-hybridized carbons (Fsp3) is 0.812. The zero-order chi connectivity index (χ0) is 17.2. The number of rotatable bonds is 3. The summed E-state index contributed by atoms with van der Waals surface area (Å²) in [4.78, 5) is 32.1. The smallest absolute Gasteiger partial charge is 0.327 e. The molecule has 4 rings (SSSR count). The van der Waals surface area contributed by atoms with E-state index in [9.17, 15) is 19.8 Å². The molecule has 4 aliphatic rings. The first-order valence-corrected chi connectivity index (χ1v) is 9.39. The van der Waals surface area contributed by atoms with Gasteiger partial charge in [0, 0.05) is 16.8 Å². The highest BCUT2D eigenvalue weighted by Gasteiger charge is 2.64. The molecule has 0 spiro atoms. The first-order valence-electron chi connectivity index (χ1n) is 8.51. The van der Waals surface area contributed by atoms with Crippen LogP contribution in [0.4, 0.5) is 0 Å². The molecule has 7 nitrogen and oxygen atoms in total. The Morgan fingerprint density at radius 2 is 1.96 bits per heavy atom. The molecule has 0 aromatic carbocycles. The van der Waals surface area contributed by atoms with Crippen LogP contribution in [0.3, 0.4) is 0 Å². The molecule has 2 unspecified atom stereocenters. The SMILES string of the molecule is CC1(C)S[C@@H]2[C@H](N=CN3C4CCC3CC(O)C4)C(=O)N2[C@H]1C(=O)O. The second-order valence-electron chi connectivity index (χ2n) is 7.76. The van der Waals surface area contributed by atoms with Crippen molar-refractivity contribution >= 4 is 30.0 Å². The Morgan fingerprint density at radius 1 is 1.33 bits per heavy atom. The van der Waals surface area contributed by atoms with Gasteiger partial charge in [-0.25, -0.2) is 4.79 Å². The van der Waals surface area contributed by atoms with E-state index in [2.05, 4.69) is 9.89 Å². The second-order valence-corrected chi connectivity index (χ2v) is 9.54. The molecular weight excluding hydrogens is 330 g/mol. The van der Waals surface area contributed by atoms with Crippen molar-refractivity contribution in [2.24, 2.45) is 4.99 Å². The number of aliphatic carboxylic acids is 1. The van der Waals surface area contributed by atoms with Crippen LogP contribution in [-0.4, -0.2) is 78.6 Å². The largest absolute Gasteiger partial charge is 0.480 e. The summed E-state index contributed by atoms with van der Waals surface area (Å²) in [6, 6.07) is -0.640. The number of carbonyl (C=O) groups excluding carboxylic acids is 1. The van der Waals surface area contributed by atoms with Gasteiger partial charge in [-0.2, -0.15) is 0 Å². The Labute approximate surface area is 145 Å². The summed E-state index contributed by atoms with van der Waals surface area (Å²) in [5.41, 5.74) is 0. The van der Waals surface area contributed by atoms with E-state index >= 15 is 0 Å². The van der Waals surface area contributed by atoms with E-state index in [0.717, 1.165) is 25.7 Å². The van der Waals surface area contributed by atoms with Crippen molar-refractivity contribution in [3.05, 3.63) is 0 Å². The standard InChI is InChI=1S/C16H23N3O4S/c1-16(2)12(15(22)23)19-13(21)11(14(19)24-16)17-7-18-8-3-4-9(18)6-10(20)5-8/h7-12,14,20H,3-6H2,1-2H3,(H,22,23)/t8?,9?,10?,11-,12+,14-/m1/s1. The Kier molecular flexibility index (Phi) is 3.62. The van der Waals surface area contributed by atoms with Crippen molar-refractivity contribution in [2.45, 2.75) is 79.9 Å². The summed E-state index contributed by atoms with van der Waals surface area (Å²) in [5, 5.41) is 19.1. The molecule has 0 aliphatic carbocycles. The van der Waals surface area contributed by atoms with Crippen LogP contribution >= 0.6 is 11.8 Å². The zero-order valence-corrected chi connectivity index (χ0v) is 14.6. The van der Waals surface area contributed by atoms with Crippen LogP contribution in [0.25, 0.3) is 0 Å². The van der Waals surface area contributed by atoms with E-state index in [1.165, 1.54) is 16.7 Å². The quantitative estimate of drug-likeness (QED) is 0.436. The van der Waals surface area contributed by atoms with E-state index in [1.54, 1.807) is 6.34 Å². The number of hydrogen-bond acceptors (Lipinski definition) is 5. The topological polar surface area (TPSA) is 93.4 Å². The molecule has 4 aliphatic heterocycles. The molecule has 0 aromatic rings. The third-order valence-electron chi connectivity index (χ3n) is 5.77. The summed E-state index contributed by atoms with van der Waals surface area (Å²) in [5.74, 6) is -1.14. The molecule has 4 saturated heterocycles. The second kappa shape index (κ2) is 5.36. The Hall–Kier alpha value is -1.28. The maximum atomic E-state index is 12.4. The molecule has 0 radical (unpaired) electrons. The van der Waals surface area contributed by atoms with Gasteiger partial charge in [0.2, 0.25) is 0 Å². The fourth-order valence-electron chi connectivity index (χ4n) is 4.65. The lowest BCUT2D eigenvalue weighted by Gasteiger charge is -2.42. The first kappa shape index (κ1) is 16.2. The van der Waals surface area contributed by atoms with Gasteiger partial charge in [0.15, 0.2) is 6.04 Å². The molecule has 24 heavy (non-hydrogen) atoms. The molecule has 132 valence electrons. The number of piperidine rings is 1. The molecular formula is C16H23N3O4S. The average Bonchev–Trinajstić information content (AvgIpc) is 2.88. The number of amides is 1. The number of carboxylic acid groups (broad SMARTS) is 1. The number of fused-ring (bicyclic) bond motifs is 3. The lowest BCUT2D eigenvalue weighted by Crippen LogP contribution is -2.65. The van der Waals surface area contributed by atoms with Crippen molar-refractivity contribution < 1.29 is 19.8 Å². The van der Waals surface area contributed by atoms with Gasteiger partial charge in [-0.05, 0) is 39.5 Å². The molecule has 5 atom stereocenters. The summed E-state index contributed by atoms with van der Waals surface area (Å²) < 4.78 is -0.509. The van der Waals surface area contributed by atoms with E-state index in [0.29, 0.717) is 12.1 Å². The molecule has 1 amide bonds. The number of carbonyl (C=O) groups is 2. The molecule has 4 fully saturated rings. The van der Waals surface area contributed by atoms with Crippen LogP contribution < -0.4 is 0 Å². The minimum atomic E-state index is -0.950. The number of carboxylic acids is 1. The number of aliphatic hydroxyl groups is 1. The van der Waals surface area contributed by atoms with Gasteiger partial charge >= 0.3 is 5.97 Å². The maximum Gasteiger partial charge on any atom is 0.327 e. The molecule has 0 saturated carbocycles.